The lowest BCUT2D eigenvalue weighted by atomic mass is 10.0. The number of hydrogen-bond acceptors (Lipinski definition) is 3. The molecule has 0 spiro atoms. The van der Waals surface area contributed by atoms with Crippen molar-refractivity contribution < 1.29 is 19.5 Å². The lowest BCUT2D eigenvalue weighted by Crippen LogP contribution is -2.52. The number of nitrogens with one attached hydrogen (secondary N) is 1. The second-order valence-electron chi connectivity index (χ2n) is 6.32. The zero-order valence-corrected chi connectivity index (χ0v) is 12.8. The van der Waals surface area contributed by atoms with Crippen molar-refractivity contribution in [2.45, 2.75) is 31.7 Å². The molecule has 1 aromatic carbocycles. The van der Waals surface area contributed by atoms with Crippen LogP contribution in [-0.4, -0.2) is 46.9 Å². The van der Waals surface area contributed by atoms with Crippen LogP contribution in [-0.2, 0) is 9.59 Å². The average molecular weight is 316 g/mol. The summed E-state index contributed by atoms with van der Waals surface area (Å²) in [6.45, 7) is 1.08. The Morgan fingerprint density at radius 1 is 1.17 bits per heavy atom. The van der Waals surface area contributed by atoms with Crippen molar-refractivity contribution in [2.24, 2.45) is 5.41 Å². The van der Waals surface area contributed by atoms with E-state index in [4.69, 9.17) is 5.11 Å². The van der Waals surface area contributed by atoms with Crippen molar-refractivity contribution >= 4 is 17.8 Å². The van der Waals surface area contributed by atoms with Crippen LogP contribution in [0.5, 0.6) is 0 Å². The first-order chi connectivity index (χ1) is 11.0. The number of nitrogens with zero attached hydrogens (tertiary/aromatic N) is 1. The number of likely N-dealkylation sites (tertiary alicyclic amines) is 1. The van der Waals surface area contributed by atoms with Gasteiger partial charge in [0.15, 0.2) is 0 Å². The molecule has 1 heterocycles. The zero-order chi connectivity index (χ0) is 16.4. The SMILES string of the molecule is O=C(c1ccccc1)N1CCCC(NC(=O)C2(C(=O)O)CC2)C1. The third kappa shape index (κ3) is 3.06. The van der Waals surface area contributed by atoms with Crippen LogP contribution >= 0.6 is 0 Å². The number of hydrogen-bond donors (Lipinski definition) is 2. The van der Waals surface area contributed by atoms with Crippen molar-refractivity contribution in [1.29, 1.82) is 0 Å². The van der Waals surface area contributed by atoms with Gasteiger partial charge >= 0.3 is 5.97 Å². The van der Waals surface area contributed by atoms with E-state index in [0.29, 0.717) is 31.5 Å². The summed E-state index contributed by atoms with van der Waals surface area (Å²) in [5.41, 5.74) is -0.602. The van der Waals surface area contributed by atoms with Gasteiger partial charge in [0.2, 0.25) is 5.91 Å². The molecule has 1 unspecified atom stereocenters. The minimum Gasteiger partial charge on any atom is -0.480 e. The maximum Gasteiger partial charge on any atom is 0.319 e. The average Bonchev–Trinajstić information content (AvgIpc) is 3.37. The summed E-state index contributed by atoms with van der Waals surface area (Å²) in [7, 11) is 0. The van der Waals surface area contributed by atoms with Gasteiger partial charge in [-0.25, -0.2) is 0 Å². The number of piperidine rings is 1. The molecule has 122 valence electrons. The molecule has 3 rings (SSSR count). The van der Waals surface area contributed by atoms with Crippen LogP contribution < -0.4 is 5.32 Å². The molecule has 2 fully saturated rings. The molecular weight excluding hydrogens is 296 g/mol. The Morgan fingerprint density at radius 2 is 1.87 bits per heavy atom. The fourth-order valence-electron chi connectivity index (χ4n) is 3.03. The molecular formula is C17H20N2O4. The lowest BCUT2D eigenvalue weighted by molar-refractivity contribution is -0.149. The minimum absolute atomic E-state index is 0.0519. The second kappa shape index (κ2) is 6.02. The summed E-state index contributed by atoms with van der Waals surface area (Å²) < 4.78 is 0. The fraction of sp³-hybridized carbons (Fsp3) is 0.471. The molecule has 2 amide bonds. The van der Waals surface area contributed by atoms with Crippen LogP contribution in [0, 0.1) is 5.41 Å². The first-order valence-corrected chi connectivity index (χ1v) is 7.92. The Morgan fingerprint density at radius 3 is 2.48 bits per heavy atom. The van der Waals surface area contributed by atoms with Crippen molar-refractivity contribution in [3.05, 3.63) is 35.9 Å². The van der Waals surface area contributed by atoms with Crippen molar-refractivity contribution in [2.75, 3.05) is 13.1 Å². The second-order valence-corrected chi connectivity index (χ2v) is 6.32. The van der Waals surface area contributed by atoms with Crippen molar-refractivity contribution in [3.63, 3.8) is 0 Å². The van der Waals surface area contributed by atoms with E-state index in [0.717, 1.165) is 12.8 Å². The number of rotatable bonds is 4. The molecule has 1 aliphatic carbocycles. The summed E-state index contributed by atoms with van der Waals surface area (Å²) in [5.74, 6) is -1.52. The Balaban J connectivity index is 1.62. The molecule has 1 aliphatic heterocycles. The maximum atomic E-state index is 12.5. The van der Waals surface area contributed by atoms with Gasteiger partial charge in [-0.1, -0.05) is 18.2 Å². The summed E-state index contributed by atoms with van der Waals surface area (Å²) in [5, 5.41) is 12.0. The van der Waals surface area contributed by atoms with Crippen LogP contribution in [0.3, 0.4) is 0 Å². The molecule has 1 saturated heterocycles. The Hall–Kier alpha value is -2.37. The zero-order valence-electron chi connectivity index (χ0n) is 12.8. The molecule has 1 atom stereocenters. The van der Waals surface area contributed by atoms with E-state index in [2.05, 4.69) is 5.32 Å². The first kappa shape index (κ1) is 15.5. The number of carboxylic acids is 1. The molecule has 0 aromatic heterocycles. The van der Waals surface area contributed by atoms with E-state index >= 15 is 0 Å². The van der Waals surface area contributed by atoms with E-state index in [9.17, 15) is 14.4 Å². The summed E-state index contributed by atoms with van der Waals surface area (Å²) >= 11 is 0. The van der Waals surface area contributed by atoms with Gasteiger partial charge in [-0.05, 0) is 37.8 Å². The highest BCUT2D eigenvalue weighted by Crippen LogP contribution is 2.46. The van der Waals surface area contributed by atoms with Gasteiger partial charge in [-0.15, -0.1) is 0 Å². The molecule has 1 saturated carbocycles. The summed E-state index contributed by atoms with van der Waals surface area (Å²) in [4.78, 5) is 37.6. The highest BCUT2D eigenvalue weighted by atomic mass is 16.4. The largest absolute Gasteiger partial charge is 0.480 e. The minimum atomic E-state index is -1.23. The number of carbonyl (C=O) groups is 3. The van der Waals surface area contributed by atoms with E-state index in [1.165, 1.54) is 0 Å². The fourth-order valence-corrected chi connectivity index (χ4v) is 3.03. The lowest BCUT2D eigenvalue weighted by Gasteiger charge is -2.33. The molecule has 23 heavy (non-hydrogen) atoms. The highest BCUT2D eigenvalue weighted by Gasteiger charge is 2.57. The van der Waals surface area contributed by atoms with Crippen molar-refractivity contribution in [1.82, 2.24) is 10.2 Å². The Labute approximate surface area is 134 Å². The quantitative estimate of drug-likeness (QED) is 0.819. The van der Waals surface area contributed by atoms with Gasteiger partial charge in [0, 0.05) is 24.7 Å². The third-order valence-corrected chi connectivity index (χ3v) is 4.66. The monoisotopic (exact) mass is 316 g/mol. The first-order valence-electron chi connectivity index (χ1n) is 7.92. The standard InChI is InChI=1S/C17H20N2O4/c20-14(12-5-2-1-3-6-12)19-10-4-7-13(11-19)18-15(21)17(8-9-17)16(22)23/h1-3,5-6,13H,4,7-11H2,(H,18,21)(H,22,23). The van der Waals surface area contributed by atoms with E-state index in [1.54, 1.807) is 17.0 Å². The number of amides is 2. The van der Waals surface area contributed by atoms with E-state index < -0.39 is 17.3 Å². The van der Waals surface area contributed by atoms with E-state index in [-0.39, 0.29) is 11.9 Å². The number of carboxylic acid groups (broad SMARTS) is 1. The Bertz CT molecular complexity index is 625. The molecule has 0 radical (unpaired) electrons. The number of carbonyl (C=O) groups excluding carboxylic acids is 2. The van der Waals surface area contributed by atoms with Gasteiger partial charge in [0.05, 0.1) is 0 Å². The molecule has 1 aromatic rings. The molecule has 6 heteroatoms. The normalized spacial score (nSPS) is 22.3. The predicted molar refractivity (Wildman–Crippen MR) is 82.8 cm³/mol. The molecule has 6 nitrogen and oxygen atoms in total. The Kier molecular flexibility index (Phi) is 4.07. The molecule has 0 bridgehead atoms. The van der Waals surface area contributed by atoms with Crippen LogP contribution in [0.2, 0.25) is 0 Å². The van der Waals surface area contributed by atoms with Gasteiger partial charge in [-0.3, -0.25) is 14.4 Å². The summed E-state index contributed by atoms with van der Waals surface area (Å²) in [6, 6.07) is 8.86. The maximum absolute atomic E-state index is 12.5. The topological polar surface area (TPSA) is 86.7 Å². The third-order valence-electron chi connectivity index (χ3n) is 4.66. The number of aliphatic carboxylic acids is 1. The van der Waals surface area contributed by atoms with E-state index in [1.807, 2.05) is 18.2 Å². The summed E-state index contributed by atoms with van der Waals surface area (Å²) in [6.07, 6.45) is 2.35. The smallest absolute Gasteiger partial charge is 0.319 e. The van der Waals surface area contributed by atoms with Gasteiger partial charge in [-0.2, -0.15) is 0 Å². The number of benzene rings is 1. The molecule has 2 N–H and O–H groups in total. The van der Waals surface area contributed by atoms with Crippen LogP contribution in [0.15, 0.2) is 30.3 Å². The van der Waals surface area contributed by atoms with Crippen LogP contribution in [0.1, 0.15) is 36.0 Å². The highest BCUT2D eigenvalue weighted by molar-refractivity contribution is 6.05. The van der Waals surface area contributed by atoms with Crippen LogP contribution in [0.25, 0.3) is 0 Å². The predicted octanol–water partition coefficient (Wildman–Crippen LogP) is 1.27. The van der Waals surface area contributed by atoms with Gasteiger partial charge < -0.3 is 15.3 Å². The molecule has 2 aliphatic rings. The van der Waals surface area contributed by atoms with Crippen LogP contribution in [0.4, 0.5) is 0 Å². The van der Waals surface area contributed by atoms with Gasteiger partial charge in [0.1, 0.15) is 5.41 Å². The van der Waals surface area contributed by atoms with Crippen molar-refractivity contribution in [3.8, 4) is 0 Å². The van der Waals surface area contributed by atoms with Gasteiger partial charge in [0.25, 0.3) is 5.91 Å².